The molecule has 130 valence electrons. The highest BCUT2D eigenvalue weighted by Crippen LogP contribution is 2.21. The molecule has 25 heavy (non-hydrogen) atoms. The quantitative estimate of drug-likeness (QED) is 0.726. The van der Waals surface area contributed by atoms with Gasteiger partial charge in [-0.05, 0) is 43.3 Å². The van der Waals surface area contributed by atoms with Gasteiger partial charge in [0.25, 0.3) is 0 Å². The van der Waals surface area contributed by atoms with Crippen molar-refractivity contribution in [3.8, 4) is 5.75 Å². The number of ether oxygens (including phenoxy) is 1. The molecule has 1 aromatic heterocycles. The Kier molecular flexibility index (Phi) is 5.24. The minimum atomic E-state index is -0.180. The monoisotopic (exact) mass is 357 g/mol. The minimum Gasteiger partial charge on any atom is -0.492 e. The number of carbonyl (C=O) groups excluding carboxylic acids is 1. The lowest BCUT2D eigenvalue weighted by atomic mass is 10.3. The first-order chi connectivity index (χ1) is 12.0. The van der Waals surface area contributed by atoms with Gasteiger partial charge >= 0.3 is 0 Å². The molecule has 0 spiro atoms. The largest absolute Gasteiger partial charge is 0.492 e. The van der Waals surface area contributed by atoms with E-state index in [-0.39, 0.29) is 11.9 Å². The molecule has 1 amide bonds. The van der Waals surface area contributed by atoms with Gasteiger partial charge in [-0.3, -0.25) is 4.79 Å². The first-order valence-electron chi connectivity index (χ1n) is 8.15. The number of fused-ring (bicyclic) bond motifs is 1. The van der Waals surface area contributed by atoms with E-state index in [0.717, 1.165) is 22.6 Å². The molecule has 0 aliphatic carbocycles. The molecule has 1 N–H and O–H groups in total. The summed E-state index contributed by atoms with van der Waals surface area (Å²) in [7, 11) is 0. The Bertz CT molecular complexity index is 874. The maximum absolute atomic E-state index is 11.4. The van der Waals surface area contributed by atoms with E-state index in [0.29, 0.717) is 18.2 Å². The summed E-state index contributed by atoms with van der Waals surface area (Å²) in [5.41, 5.74) is 1.93. The highest BCUT2D eigenvalue weighted by molar-refractivity contribution is 6.30. The molecule has 0 fully saturated rings. The third-order valence-electron chi connectivity index (χ3n) is 3.89. The second-order valence-corrected chi connectivity index (χ2v) is 6.27. The van der Waals surface area contributed by atoms with Crippen LogP contribution in [0.4, 0.5) is 0 Å². The molecule has 3 aromatic rings. The lowest BCUT2D eigenvalue weighted by Gasteiger charge is -2.16. The Hall–Kier alpha value is -2.53. The van der Waals surface area contributed by atoms with E-state index in [1.165, 1.54) is 6.92 Å². The number of halogens is 1. The van der Waals surface area contributed by atoms with Crippen molar-refractivity contribution in [3.63, 3.8) is 0 Å². The molecule has 1 atom stereocenters. The van der Waals surface area contributed by atoms with Crippen molar-refractivity contribution in [2.24, 2.45) is 0 Å². The van der Waals surface area contributed by atoms with Gasteiger partial charge in [0.1, 0.15) is 18.2 Å². The molecular formula is C19H20ClN3O2. The molecule has 0 aliphatic heterocycles. The number of para-hydroxylation sites is 2. The van der Waals surface area contributed by atoms with Crippen molar-refractivity contribution in [1.29, 1.82) is 0 Å². The Morgan fingerprint density at radius 1 is 1.24 bits per heavy atom. The van der Waals surface area contributed by atoms with Crippen LogP contribution in [0.1, 0.15) is 25.7 Å². The second-order valence-electron chi connectivity index (χ2n) is 5.83. The van der Waals surface area contributed by atoms with E-state index in [2.05, 4.69) is 14.9 Å². The summed E-state index contributed by atoms with van der Waals surface area (Å²) in [4.78, 5) is 16.1. The fraction of sp³-hybridized carbons (Fsp3) is 0.263. The highest BCUT2D eigenvalue weighted by atomic mass is 35.5. The first-order valence-corrected chi connectivity index (χ1v) is 8.53. The highest BCUT2D eigenvalue weighted by Gasteiger charge is 2.17. The van der Waals surface area contributed by atoms with Crippen molar-refractivity contribution < 1.29 is 9.53 Å². The number of hydrogen-bond donors (Lipinski definition) is 1. The molecule has 3 rings (SSSR count). The Morgan fingerprint density at radius 2 is 1.96 bits per heavy atom. The van der Waals surface area contributed by atoms with Crippen LogP contribution in [0.2, 0.25) is 5.02 Å². The van der Waals surface area contributed by atoms with Gasteiger partial charge in [0, 0.05) is 11.9 Å². The number of nitrogens with zero attached hydrogens (tertiary/aromatic N) is 2. The SMILES string of the molecule is CC(=O)NC(C)c1nc2ccccc2n1CCOc1ccc(Cl)cc1. The molecule has 5 nitrogen and oxygen atoms in total. The number of benzene rings is 2. The van der Waals surface area contributed by atoms with Crippen LogP contribution in [0.25, 0.3) is 11.0 Å². The van der Waals surface area contributed by atoms with Crippen LogP contribution >= 0.6 is 11.6 Å². The molecule has 1 heterocycles. The summed E-state index contributed by atoms with van der Waals surface area (Å²) in [6.45, 7) is 4.55. The molecule has 1 unspecified atom stereocenters. The van der Waals surface area contributed by atoms with Gasteiger partial charge < -0.3 is 14.6 Å². The third-order valence-corrected chi connectivity index (χ3v) is 4.14. The zero-order valence-electron chi connectivity index (χ0n) is 14.2. The lowest BCUT2D eigenvalue weighted by molar-refractivity contribution is -0.119. The molecule has 0 saturated heterocycles. The van der Waals surface area contributed by atoms with Gasteiger partial charge in [-0.2, -0.15) is 0 Å². The number of carbonyl (C=O) groups is 1. The fourth-order valence-electron chi connectivity index (χ4n) is 2.81. The van der Waals surface area contributed by atoms with E-state index in [9.17, 15) is 4.79 Å². The van der Waals surface area contributed by atoms with Gasteiger partial charge in [-0.1, -0.05) is 23.7 Å². The summed E-state index contributed by atoms with van der Waals surface area (Å²) in [5, 5.41) is 3.58. The van der Waals surface area contributed by atoms with Crippen molar-refractivity contribution >= 4 is 28.5 Å². The van der Waals surface area contributed by atoms with Crippen molar-refractivity contribution in [2.75, 3.05) is 6.61 Å². The number of amides is 1. The van der Waals surface area contributed by atoms with E-state index in [1.54, 1.807) is 12.1 Å². The average molecular weight is 358 g/mol. The Labute approximate surface area is 151 Å². The standard InChI is InChI=1S/C19H20ClN3O2/c1-13(21-14(2)24)19-22-17-5-3-4-6-18(17)23(19)11-12-25-16-9-7-15(20)8-10-16/h3-10,13H,11-12H2,1-2H3,(H,21,24). The van der Waals surface area contributed by atoms with Crippen molar-refractivity contribution in [2.45, 2.75) is 26.4 Å². The smallest absolute Gasteiger partial charge is 0.217 e. The maximum atomic E-state index is 11.4. The van der Waals surface area contributed by atoms with Crippen LogP contribution in [0, 0.1) is 0 Å². The van der Waals surface area contributed by atoms with E-state index >= 15 is 0 Å². The van der Waals surface area contributed by atoms with Gasteiger partial charge in [0.2, 0.25) is 5.91 Å². The number of rotatable bonds is 6. The van der Waals surface area contributed by atoms with Gasteiger partial charge in [0.15, 0.2) is 0 Å². The Balaban J connectivity index is 1.80. The molecule has 0 aliphatic rings. The summed E-state index contributed by atoms with van der Waals surface area (Å²) < 4.78 is 7.89. The maximum Gasteiger partial charge on any atom is 0.217 e. The average Bonchev–Trinajstić information content (AvgIpc) is 2.95. The van der Waals surface area contributed by atoms with Crippen LogP contribution < -0.4 is 10.1 Å². The molecule has 0 radical (unpaired) electrons. The van der Waals surface area contributed by atoms with Crippen LogP contribution in [-0.2, 0) is 11.3 Å². The fourth-order valence-corrected chi connectivity index (χ4v) is 2.94. The molecule has 0 saturated carbocycles. The van der Waals surface area contributed by atoms with Crippen LogP contribution in [0.3, 0.4) is 0 Å². The number of imidazole rings is 1. The second kappa shape index (κ2) is 7.57. The van der Waals surface area contributed by atoms with Crippen molar-refractivity contribution in [1.82, 2.24) is 14.9 Å². The van der Waals surface area contributed by atoms with E-state index in [1.807, 2.05) is 43.3 Å². The Morgan fingerprint density at radius 3 is 2.68 bits per heavy atom. The van der Waals surface area contributed by atoms with Gasteiger partial charge in [-0.15, -0.1) is 0 Å². The van der Waals surface area contributed by atoms with Crippen LogP contribution in [0.15, 0.2) is 48.5 Å². The molecule has 2 aromatic carbocycles. The lowest BCUT2D eigenvalue weighted by Crippen LogP contribution is -2.27. The van der Waals surface area contributed by atoms with Crippen LogP contribution in [0.5, 0.6) is 5.75 Å². The number of nitrogens with one attached hydrogen (secondary N) is 1. The summed E-state index contributed by atoms with van der Waals surface area (Å²) >= 11 is 5.89. The van der Waals surface area contributed by atoms with Crippen LogP contribution in [-0.4, -0.2) is 22.1 Å². The molecular weight excluding hydrogens is 338 g/mol. The van der Waals surface area contributed by atoms with Gasteiger partial charge in [0.05, 0.1) is 23.6 Å². The minimum absolute atomic E-state index is 0.0801. The first kappa shape index (κ1) is 17.3. The number of aromatic nitrogens is 2. The predicted octanol–water partition coefficient (Wildman–Crippen LogP) is 3.97. The van der Waals surface area contributed by atoms with E-state index in [4.69, 9.17) is 16.3 Å². The van der Waals surface area contributed by atoms with Gasteiger partial charge in [-0.25, -0.2) is 4.98 Å². The predicted molar refractivity (Wildman–Crippen MR) is 98.9 cm³/mol. The van der Waals surface area contributed by atoms with Crippen molar-refractivity contribution in [3.05, 3.63) is 59.4 Å². The topological polar surface area (TPSA) is 56.2 Å². The zero-order chi connectivity index (χ0) is 17.8. The van der Waals surface area contributed by atoms with E-state index < -0.39 is 0 Å². The third kappa shape index (κ3) is 4.12. The summed E-state index contributed by atoms with van der Waals surface area (Å²) in [5.74, 6) is 1.50. The normalized spacial score (nSPS) is 12.1. The zero-order valence-corrected chi connectivity index (χ0v) is 15.0. The summed E-state index contributed by atoms with van der Waals surface area (Å²) in [6, 6.07) is 15.0. The summed E-state index contributed by atoms with van der Waals surface area (Å²) in [6.07, 6.45) is 0. The molecule has 6 heteroatoms. The molecule has 0 bridgehead atoms. The number of hydrogen-bond acceptors (Lipinski definition) is 3.